The van der Waals surface area contributed by atoms with Crippen molar-refractivity contribution in [2.75, 3.05) is 24.6 Å². The Morgan fingerprint density at radius 3 is 1.09 bits per heavy atom. The summed E-state index contributed by atoms with van der Waals surface area (Å²) in [5.41, 5.74) is 22.9. The summed E-state index contributed by atoms with van der Waals surface area (Å²) in [5.74, 6) is -8.46. The number of unbranched alkanes of at least 4 members (excludes halogenated alkanes) is 2. The monoisotopic (exact) mass is 1150 g/mol. The van der Waals surface area contributed by atoms with Crippen molar-refractivity contribution in [1.82, 2.24) is 47.9 Å². The Hall–Kier alpha value is -4.76. The third-order valence-electron chi connectivity index (χ3n) is 12.8. The number of carbonyl (C=O) groups is 10. The number of aliphatic hydroxyl groups is 1. The third-order valence-corrected chi connectivity index (χ3v) is 13.5. The van der Waals surface area contributed by atoms with Gasteiger partial charge in [-0.05, 0) is 114 Å². The van der Waals surface area contributed by atoms with Crippen LogP contribution in [0.4, 0.5) is 0 Å². The number of primary amides is 1. The molecule has 24 nitrogen and oxygen atoms in total. The van der Waals surface area contributed by atoms with Crippen molar-refractivity contribution in [1.29, 1.82) is 0 Å². The predicted molar refractivity (Wildman–Crippen MR) is 307 cm³/mol. The maximum Gasteiger partial charge on any atom is 0.245 e. The molecule has 0 unspecified atom stereocenters. The number of nitrogens with two attached hydrogens (primary N) is 4. The molecule has 0 rings (SSSR count). The van der Waals surface area contributed by atoms with Gasteiger partial charge in [-0.2, -0.15) is 25.3 Å². The lowest BCUT2D eigenvalue weighted by atomic mass is 9.97. The van der Waals surface area contributed by atoms with Gasteiger partial charge in [0, 0.05) is 11.5 Å². The standard InChI is InChI=1S/C52H99N13O11S2/c1-12-31(10)41(51(75)58-35(18-14-16-20-54)46(70)65-42(32(11)66)52(76)62-39(24-30(8)9)48(72)59-36(43(56)67)21-27(2)3)64-50(74)40(26-78)63-45(69)34(17-13-15-19-53)57-47(71)38(23-29(6)7)61-49(73)37(22-28(4)5)60-44(68)33(55)25-77/h27-42,66,77-78H,12-26,53-55H2,1-11H3,(H2,56,67)(H,57,71)(H,58,75)(H,59,72)(H,60,68)(H,61,73)(H,62,76)(H,63,69)(H,64,74)(H,65,70)/t31-,32+,33-,34-,35-,36-,37-,38-,39-,40-,41-,42-/m0/s1. The van der Waals surface area contributed by atoms with Crippen LogP contribution in [0.25, 0.3) is 0 Å². The van der Waals surface area contributed by atoms with Crippen molar-refractivity contribution in [3.63, 3.8) is 0 Å². The van der Waals surface area contributed by atoms with Crippen LogP contribution in [0, 0.1) is 29.6 Å². The molecule has 0 radical (unpaired) electrons. The van der Waals surface area contributed by atoms with Gasteiger partial charge >= 0.3 is 0 Å². The molecule has 0 aromatic heterocycles. The molecule has 0 heterocycles. The molecule has 0 aliphatic carbocycles. The highest BCUT2D eigenvalue weighted by molar-refractivity contribution is 7.80. The van der Waals surface area contributed by atoms with E-state index in [0.717, 1.165) is 0 Å². The maximum absolute atomic E-state index is 14.3. The van der Waals surface area contributed by atoms with Crippen LogP contribution >= 0.6 is 25.3 Å². The second-order valence-electron chi connectivity index (χ2n) is 22.0. The summed E-state index contributed by atoms with van der Waals surface area (Å²) < 4.78 is 0. The Balaban J connectivity index is 6.66. The van der Waals surface area contributed by atoms with Crippen LogP contribution in [0.15, 0.2) is 0 Å². The SMILES string of the molecule is CC[C@H](C)[C@H](NC(=O)[C@H](CS)NC(=O)[C@H](CCCCN)NC(=O)[C@H](CC(C)C)NC(=O)[C@H](CC(C)C)NC(=O)[C@@H](N)CS)C(=O)N[C@@H](CCCCN)C(=O)N[C@H](C(=O)N[C@@H](CC(C)C)C(=O)N[C@@H](CC(C)C)C(N)=O)[C@@H](C)O. The predicted octanol–water partition coefficient (Wildman–Crippen LogP) is -1.11. The topological polar surface area (TPSA) is 403 Å². The first kappa shape index (κ1) is 73.2. The molecule has 12 atom stereocenters. The average Bonchev–Trinajstić information content (AvgIpc) is 3.35. The van der Waals surface area contributed by atoms with Gasteiger partial charge < -0.3 is 75.9 Å². The molecule has 78 heavy (non-hydrogen) atoms. The Labute approximate surface area is 473 Å². The summed E-state index contributed by atoms with van der Waals surface area (Å²) in [7, 11) is 0. The molecule has 0 aromatic rings. The highest BCUT2D eigenvalue weighted by Gasteiger charge is 2.37. The van der Waals surface area contributed by atoms with E-state index in [0.29, 0.717) is 38.6 Å². The smallest absolute Gasteiger partial charge is 0.245 e. The fraction of sp³-hybridized carbons (Fsp3) is 0.808. The molecule has 18 N–H and O–H groups in total. The lowest BCUT2D eigenvalue weighted by Gasteiger charge is -2.30. The van der Waals surface area contributed by atoms with Gasteiger partial charge in [-0.3, -0.25) is 47.9 Å². The van der Waals surface area contributed by atoms with Crippen LogP contribution < -0.4 is 70.8 Å². The van der Waals surface area contributed by atoms with Crippen molar-refractivity contribution in [2.45, 2.75) is 213 Å². The van der Waals surface area contributed by atoms with E-state index in [1.165, 1.54) is 6.92 Å². The number of rotatable bonds is 40. The van der Waals surface area contributed by atoms with Crippen LogP contribution in [-0.4, -0.2) is 155 Å². The second-order valence-corrected chi connectivity index (χ2v) is 22.7. The molecule has 0 aromatic carbocycles. The fourth-order valence-corrected chi connectivity index (χ4v) is 8.56. The minimum atomic E-state index is -1.62. The lowest BCUT2D eigenvalue weighted by Crippen LogP contribution is -2.62. The Bertz CT molecular complexity index is 1920. The largest absolute Gasteiger partial charge is 0.391 e. The van der Waals surface area contributed by atoms with Gasteiger partial charge in [-0.15, -0.1) is 0 Å². The van der Waals surface area contributed by atoms with Gasteiger partial charge in [0.25, 0.3) is 0 Å². The molecule has 0 saturated carbocycles. The van der Waals surface area contributed by atoms with E-state index in [4.69, 9.17) is 22.9 Å². The number of hydrogen-bond donors (Lipinski definition) is 16. The first-order chi connectivity index (χ1) is 36.5. The molecule has 0 fully saturated rings. The van der Waals surface area contributed by atoms with E-state index < -0.39 is 132 Å². The summed E-state index contributed by atoms with van der Waals surface area (Å²) >= 11 is 8.42. The van der Waals surface area contributed by atoms with E-state index in [1.54, 1.807) is 13.8 Å². The molecule has 10 amide bonds. The highest BCUT2D eigenvalue weighted by atomic mass is 32.1. The van der Waals surface area contributed by atoms with Crippen LogP contribution in [0.1, 0.15) is 147 Å². The third kappa shape index (κ3) is 28.4. The molecule has 0 spiro atoms. The molecule has 0 aliphatic rings. The Kier molecular flexibility index (Phi) is 36.4. The van der Waals surface area contributed by atoms with Crippen LogP contribution in [-0.2, 0) is 47.9 Å². The lowest BCUT2D eigenvalue weighted by molar-refractivity contribution is -0.137. The molecule has 0 bridgehead atoms. The first-order valence-electron chi connectivity index (χ1n) is 27.6. The Morgan fingerprint density at radius 2 is 0.718 bits per heavy atom. The fourth-order valence-electron chi connectivity index (χ4n) is 8.13. The Morgan fingerprint density at radius 1 is 0.410 bits per heavy atom. The van der Waals surface area contributed by atoms with Gasteiger partial charge in [0.15, 0.2) is 0 Å². The number of amides is 10. The van der Waals surface area contributed by atoms with E-state index >= 15 is 0 Å². The normalized spacial score (nSPS) is 16.2. The van der Waals surface area contributed by atoms with Crippen molar-refractivity contribution < 1.29 is 53.1 Å². The van der Waals surface area contributed by atoms with E-state index in [2.05, 4.69) is 73.1 Å². The first-order valence-corrected chi connectivity index (χ1v) is 28.8. The molecule has 26 heteroatoms. The number of carbonyl (C=O) groups excluding carboxylic acids is 10. The zero-order chi connectivity index (χ0) is 60.0. The molecular weight excluding hydrogens is 1050 g/mol. The summed E-state index contributed by atoms with van der Waals surface area (Å²) in [4.78, 5) is 136. The second kappa shape index (κ2) is 38.8. The van der Waals surface area contributed by atoms with E-state index in [1.807, 2.05) is 55.4 Å². The van der Waals surface area contributed by atoms with Crippen molar-refractivity contribution in [3.05, 3.63) is 0 Å². The highest BCUT2D eigenvalue weighted by Crippen LogP contribution is 2.15. The van der Waals surface area contributed by atoms with Crippen LogP contribution in [0.2, 0.25) is 0 Å². The number of thiol groups is 2. The van der Waals surface area contributed by atoms with Crippen LogP contribution in [0.5, 0.6) is 0 Å². The van der Waals surface area contributed by atoms with E-state index in [-0.39, 0.29) is 80.2 Å². The minimum Gasteiger partial charge on any atom is -0.391 e. The molecule has 450 valence electrons. The minimum absolute atomic E-state index is 0.00240. The van der Waals surface area contributed by atoms with E-state index in [9.17, 15) is 53.1 Å². The van der Waals surface area contributed by atoms with Gasteiger partial charge in [-0.25, -0.2) is 0 Å². The molecule has 0 saturated heterocycles. The number of hydrogen-bond acceptors (Lipinski definition) is 16. The molecule has 0 aliphatic heterocycles. The van der Waals surface area contributed by atoms with Crippen LogP contribution in [0.3, 0.4) is 0 Å². The summed E-state index contributed by atoms with van der Waals surface area (Å²) in [6.07, 6.45) is 1.47. The van der Waals surface area contributed by atoms with Gasteiger partial charge in [-0.1, -0.05) is 75.7 Å². The number of aliphatic hydroxyl groups excluding tert-OH is 1. The average molecular weight is 1150 g/mol. The van der Waals surface area contributed by atoms with Crippen molar-refractivity contribution in [3.8, 4) is 0 Å². The quantitative estimate of drug-likeness (QED) is 0.0256. The van der Waals surface area contributed by atoms with Crippen molar-refractivity contribution in [2.24, 2.45) is 52.5 Å². The van der Waals surface area contributed by atoms with Gasteiger partial charge in [0.2, 0.25) is 59.1 Å². The van der Waals surface area contributed by atoms with Crippen molar-refractivity contribution >= 4 is 84.3 Å². The van der Waals surface area contributed by atoms with Gasteiger partial charge in [0.05, 0.1) is 12.1 Å². The molecular formula is C52H99N13O11S2. The zero-order valence-electron chi connectivity index (χ0n) is 48.1. The summed E-state index contributed by atoms with van der Waals surface area (Å²) in [5, 5.41) is 34.7. The zero-order valence-corrected chi connectivity index (χ0v) is 49.9. The van der Waals surface area contributed by atoms with Gasteiger partial charge in [0.1, 0.15) is 54.4 Å². The summed E-state index contributed by atoms with van der Waals surface area (Å²) in [6, 6.07) is -12.1. The number of nitrogens with one attached hydrogen (secondary N) is 9. The summed E-state index contributed by atoms with van der Waals surface area (Å²) in [6.45, 7) is 20.0. The maximum atomic E-state index is 14.3.